The number of aryl methyl sites for hydroxylation is 1. The number of carbonyl (C=O) groups excluding carboxylic acids is 1. The maximum absolute atomic E-state index is 13.4. The van der Waals surface area contributed by atoms with Crippen LogP contribution in [-0.4, -0.2) is 30.9 Å². The number of methoxy groups -OCH3 is 1. The molecule has 1 heterocycles. The first-order valence-corrected chi connectivity index (χ1v) is 11.2. The molecule has 0 spiro atoms. The van der Waals surface area contributed by atoms with Gasteiger partial charge in [-0.2, -0.15) is 0 Å². The molecule has 0 radical (unpaired) electrons. The third kappa shape index (κ3) is 4.78. The van der Waals surface area contributed by atoms with E-state index in [-0.39, 0.29) is 23.4 Å². The molecule has 1 fully saturated rings. The molecule has 1 unspecified atom stereocenters. The standard InChI is InChI=1S/C27H37NO2/c1-7-8-24-26(29)23(18-11-19-9-16-22(30-6)17-10-19)25(28(24)5)20-12-14-21(15-13-20)27(2,3)4/h9-10,12-17,23-25H,7-8,11,18H2,1-6H3/t23?,24-,25-/m0/s1. The minimum Gasteiger partial charge on any atom is -0.497 e. The Bertz CT molecular complexity index is 833. The van der Waals surface area contributed by atoms with Gasteiger partial charge in [-0.05, 0) is 60.5 Å². The molecule has 0 bridgehead atoms. The summed E-state index contributed by atoms with van der Waals surface area (Å²) in [7, 11) is 3.82. The molecule has 162 valence electrons. The fourth-order valence-electron chi connectivity index (χ4n) is 4.76. The number of ether oxygens (including phenoxy) is 1. The predicted octanol–water partition coefficient (Wildman–Crippen LogP) is 5.97. The van der Waals surface area contributed by atoms with Crippen molar-refractivity contribution in [1.29, 1.82) is 0 Å². The predicted molar refractivity (Wildman–Crippen MR) is 124 cm³/mol. The van der Waals surface area contributed by atoms with Crippen LogP contribution < -0.4 is 4.74 Å². The molecule has 0 aliphatic carbocycles. The summed E-state index contributed by atoms with van der Waals surface area (Å²) >= 11 is 0. The summed E-state index contributed by atoms with van der Waals surface area (Å²) in [5, 5.41) is 0. The molecular weight excluding hydrogens is 370 g/mol. The SMILES string of the molecule is CCC[C@H]1C(=O)C(CCc2ccc(OC)cc2)[C@H](c2ccc(C(C)(C)C)cc2)N1C. The number of nitrogens with zero attached hydrogens (tertiary/aromatic N) is 1. The maximum atomic E-state index is 13.4. The van der Waals surface area contributed by atoms with Crippen molar-refractivity contribution in [3.63, 3.8) is 0 Å². The smallest absolute Gasteiger partial charge is 0.154 e. The second-order valence-corrected chi connectivity index (χ2v) is 9.68. The fraction of sp³-hybridized carbons (Fsp3) is 0.519. The van der Waals surface area contributed by atoms with Crippen LogP contribution in [0.4, 0.5) is 0 Å². The Balaban J connectivity index is 1.84. The summed E-state index contributed by atoms with van der Waals surface area (Å²) < 4.78 is 5.27. The lowest BCUT2D eigenvalue weighted by atomic mass is 9.83. The van der Waals surface area contributed by atoms with Crippen LogP contribution in [0, 0.1) is 5.92 Å². The van der Waals surface area contributed by atoms with E-state index in [9.17, 15) is 4.79 Å². The Morgan fingerprint density at radius 3 is 2.13 bits per heavy atom. The van der Waals surface area contributed by atoms with Gasteiger partial charge in [0.1, 0.15) is 5.75 Å². The van der Waals surface area contributed by atoms with Crippen molar-refractivity contribution in [3.05, 3.63) is 65.2 Å². The topological polar surface area (TPSA) is 29.5 Å². The van der Waals surface area contributed by atoms with Crippen molar-refractivity contribution >= 4 is 5.78 Å². The van der Waals surface area contributed by atoms with E-state index in [0.717, 1.165) is 31.4 Å². The van der Waals surface area contributed by atoms with Crippen LogP contribution >= 0.6 is 0 Å². The molecule has 0 N–H and O–H groups in total. The number of hydrogen-bond acceptors (Lipinski definition) is 3. The highest BCUT2D eigenvalue weighted by atomic mass is 16.5. The quantitative estimate of drug-likeness (QED) is 0.567. The molecule has 2 aromatic rings. The third-order valence-electron chi connectivity index (χ3n) is 6.59. The number of rotatable bonds is 7. The van der Waals surface area contributed by atoms with Crippen LogP contribution in [0.1, 0.15) is 69.7 Å². The number of carbonyl (C=O) groups is 1. The van der Waals surface area contributed by atoms with Gasteiger partial charge < -0.3 is 4.74 Å². The summed E-state index contributed by atoms with van der Waals surface area (Å²) in [6.07, 6.45) is 3.75. The number of Topliss-reactive ketones (excluding diaryl/α,β-unsaturated/α-hetero) is 1. The lowest BCUT2D eigenvalue weighted by Gasteiger charge is -2.28. The van der Waals surface area contributed by atoms with Gasteiger partial charge in [0.05, 0.1) is 13.2 Å². The van der Waals surface area contributed by atoms with E-state index in [2.05, 4.69) is 76.0 Å². The van der Waals surface area contributed by atoms with Crippen molar-refractivity contribution in [2.24, 2.45) is 5.92 Å². The first-order valence-electron chi connectivity index (χ1n) is 11.2. The van der Waals surface area contributed by atoms with E-state index in [1.165, 1.54) is 16.7 Å². The first-order chi connectivity index (χ1) is 14.3. The van der Waals surface area contributed by atoms with Gasteiger partial charge >= 0.3 is 0 Å². The normalized spacial score (nSPS) is 22.5. The molecule has 1 aliphatic rings. The van der Waals surface area contributed by atoms with Gasteiger partial charge in [0.25, 0.3) is 0 Å². The fourth-order valence-corrected chi connectivity index (χ4v) is 4.76. The van der Waals surface area contributed by atoms with E-state index in [0.29, 0.717) is 5.78 Å². The van der Waals surface area contributed by atoms with Crippen LogP contribution in [0.15, 0.2) is 48.5 Å². The highest BCUT2D eigenvalue weighted by molar-refractivity contribution is 5.89. The second-order valence-electron chi connectivity index (χ2n) is 9.68. The van der Waals surface area contributed by atoms with Gasteiger partial charge in [0.15, 0.2) is 5.78 Å². The van der Waals surface area contributed by atoms with Crippen molar-refractivity contribution in [3.8, 4) is 5.75 Å². The number of likely N-dealkylation sites (N-methyl/N-ethyl adjacent to an activating group) is 1. The lowest BCUT2D eigenvalue weighted by Crippen LogP contribution is -2.30. The number of hydrogen-bond donors (Lipinski definition) is 0. The van der Waals surface area contributed by atoms with Crippen LogP contribution in [0.5, 0.6) is 5.75 Å². The van der Waals surface area contributed by atoms with Gasteiger partial charge in [0.2, 0.25) is 0 Å². The Hall–Kier alpha value is -2.13. The molecule has 1 saturated heterocycles. The van der Waals surface area contributed by atoms with Gasteiger partial charge in [-0.3, -0.25) is 9.69 Å². The molecule has 3 nitrogen and oxygen atoms in total. The molecule has 0 amide bonds. The Labute approximate surface area is 182 Å². The van der Waals surface area contributed by atoms with Crippen molar-refractivity contribution in [2.45, 2.75) is 70.9 Å². The zero-order valence-electron chi connectivity index (χ0n) is 19.4. The van der Waals surface area contributed by atoms with E-state index in [4.69, 9.17) is 4.74 Å². The highest BCUT2D eigenvalue weighted by Gasteiger charge is 2.45. The zero-order chi connectivity index (χ0) is 21.9. The lowest BCUT2D eigenvalue weighted by molar-refractivity contribution is -0.123. The minimum atomic E-state index is 0.0307. The van der Waals surface area contributed by atoms with E-state index in [1.807, 2.05) is 12.1 Å². The zero-order valence-corrected chi connectivity index (χ0v) is 19.4. The highest BCUT2D eigenvalue weighted by Crippen LogP contribution is 2.41. The van der Waals surface area contributed by atoms with Gasteiger partial charge in [-0.15, -0.1) is 0 Å². The van der Waals surface area contributed by atoms with Crippen LogP contribution in [-0.2, 0) is 16.6 Å². The first kappa shape index (κ1) is 22.6. The average Bonchev–Trinajstić information content (AvgIpc) is 2.96. The van der Waals surface area contributed by atoms with Crippen molar-refractivity contribution in [2.75, 3.05) is 14.2 Å². The molecule has 3 rings (SSSR count). The minimum absolute atomic E-state index is 0.0307. The molecule has 3 atom stereocenters. The molecule has 30 heavy (non-hydrogen) atoms. The Kier molecular flexibility index (Phi) is 7.02. The molecule has 0 saturated carbocycles. The van der Waals surface area contributed by atoms with Crippen molar-refractivity contribution in [1.82, 2.24) is 4.90 Å². The summed E-state index contributed by atoms with van der Waals surface area (Å²) in [6.45, 7) is 8.88. The van der Waals surface area contributed by atoms with Gasteiger partial charge in [-0.1, -0.05) is 70.5 Å². The van der Waals surface area contributed by atoms with E-state index in [1.54, 1.807) is 7.11 Å². The van der Waals surface area contributed by atoms with Gasteiger partial charge in [0, 0.05) is 12.0 Å². The summed E-state index contributed by atoms with van der Waals surface area (Å²) in [6, 6.07) is 17.4. The van der Waals surface area contributed by atoms with Crippen molar-refractivity contribution < 1.29 is 9.53 Å². The van der Waals surface area contributed by atoms with Crippen LogP contribution in [0.25, 0.3) is 0 Å². The summed E-state index contributed by atoms with van der Waals surface area (Å²) in [5.74, 6) is 1.32. The maximum Gasteiger partial charge on any atom is 0.154 e. The number of likely N-dealkylation sites (tertiary alicyclic amines) is 1. The molecule has 2 aromatic carbocycles. The van der Waals surface area contributed by atoms with E-state index >= 15 is 0 Å². The van der Waals surface area contributed by atoms with Crippen LogP contribution in [0.2, 0.25) is 0 Å². The molecule has 0 aromatic heterocycles. The molecular formula is C27H37NO2. The monoisotopic (exact) mass is 407 g/mol. The summed E-state index contributed by atoms with van der Waals surface area (Å²) in [5.41, 5.74) is 3.98. The van der Waals surface area contributed by atoms with Gasteiger partial charge in [-0.25, -0.2) is 0 Å². The molecule has 1 aliphatic heterocycles. The number of ketones is 1. The Morgan fingerprint density at radius 2 is 1.60 bits per heavy atom. The molecule has 3 heteroatoms. The largest absolute Gasteiger partial charge is 0.497 e. The Morgan fingerprint density at radius 1 is 0.967 bits per heavy atom. The third-order valence-corrected chi connectivity index (χ3v) is 6.59. The van der Waals surface area contributed by atoms with Crippen LogP contribution in [0.3, 0.4) is 0 Å². The number of benzene rings is 2. The van der Waals surface area contributed by atoms with E-state index < -0.39 is 0 Å². The average molecular weight is 408 g/mol. The summed E-state index contributed by atoms with van der Waals surface area (Å²) in [4.78, 5) is 15.7. The second kappa shape index (κ2) is 9.34.